The summed E-state index contributed by atoms with van der Waals surface area (Å²) in [6.07, 6.45) is 15.1. The highest BCUT2D eigenvalue weighted by Gasteiger charge is 2.64. The predicted molar refractivity (Wildman–Crippen MR) is 125 cm³/mol. The second-order valence-corrected chi connectivity index (χ2v) is 14.1. The number of hydrogen-bond donors (Lipinski definition) is 0. The summed E-state index contributed by atoms with van der Waals surface area (Å²) in [7, 11) is 0. The number of rotatable bonds is 1. The number of Topliss-reactive ketones (excluding diaryl/α,β-unsaturated/α-hetero) is 1. The summed E-state index contributed by atoms with van der Waals surface area (Å²) in [5, 5.41) is 0. The monoisotopic (exact) mass is 424 g/mol. The Morgan fingerprint density at radius 1 is 0.903 bits per heavy atom. The van der Waals surface area contributed by atoms with Gasteiger partial charge in [0.15, 0.2) is 0 Å². The number of carbonyl (C=O) groups excluding carboxylic acids is 2. The zero-order valence-corrected chi connectivity index (χ0v) is 20.9. The van der Waals surface area contributed by atoms with Gasteiger partial charge in [0.2, 0.25) is 0 Å². The smallest absolute Gasteiger partial charge is 0.138 e. The van der Waals surface area contributed by atoms with E-state index in [9.17, 15) is 9.59 Å². The number of aldehydes is 1. The van der Waals surface area contributed by atoms with Crippen molar-refractivity contribution in [3.8, 4) is 0 Å². The van der Waals surface area contributed by atoms with Gasteiger partial charge in [-0.15, -0.1) is 0 Å². The van der Waals surface area contributed by atoms with Crippen LogP contribution >= 0.6 is 0 Å². The van der Waals surface area contributed by atoms with Crippen LogP contribution in [0.15, 0.2) is 11.6 Å². The summed E-state index contributed by atoms with van der Waals surface area (Å²) in [4.78, 5) is 25.3. The topological polar surface area (TPSA) is 34.1 Å². The molecule has 0 N–H and O–H groups in total. The van der Waals surface area contributed by atoms with Crippen molar-refractivity contribution in [3.63, 3.8) is 0 Å². The summed E-state index contributed by atoms with van der Waals surface area (Å²) in [5.41, 5.74) is 2.31. The molecule has 31 heavy (non-hydrogen) atoms. The number of hydrogen-bond acceptors (Lipinski definition) is 2. The molecule has 5 aliphatic rings. The average Bonchev–Trinajstić information content (AvgIpc) is 2.70. The average molecular weight is 425 g/mol. The largest absolute Gasteiger partial charge is 0.303 e. The first kappa shape index (κ1) is 21.9. The minimum Gasteiger partial charge on any atom is -0.303 e. The molecule has 0 amide bonds. The molecular weight excluding hydrogens is 380 g/mol. The molecule has 172 valence electrons. The van der Waals surface area contributed by atoms with Gasteiger partial charge >= 0.3 is 0 Å². The van der Waals surface area contributed by atoms with Crippen LogP contribution in [0.5, 0.6) is 0 Å². The molecule has 0 aliphatic heterocycles. The Kier molecular flexibility index (Phi) is 4.64. The highest BCUT2D eigenvalue weighted by Crippen LogP contribution is 2.71. The maximum Gasteiger partial charge on any atom is 0.138 e. The molecule has 0 aromatic rings. The third kappa shape index (κ3) is 2.81. The molecular formula is C29H44O2. The molecule has 0 aromatic carbocycles. The molecule has 0 heterocycles. The third-order valence-corrected chi connectivity index (χ3v) is 11.8. The van der Waals surface area contributed by atoms with E-state index in [0.717, 1.165) is 25.7 Å². The van der Waals surface area contributed by atoms with Crippen molar-refractivity contribution in [3.05, 3.63) is 11.6 Å². The summed E-state index contributed by atoms with van der Waals surface area (Å²) < 4.78 is 0. The Morgan fingerprint density at radius 3 is 2.35 bits per heavy atom. The second kappa shape index (κ2) is 6.57. The first-order valence-corrected chi connectivity index (χ1v) is 13.1. The number of allylic oxidation sites excluding steroid dienone is 2. The molecule has 0 saturated heterocycles. The SMILES string of the molecule is CC1(C)CCC2(C=O)CC=C3C(CCC4C3(C)CCC3C(C)(C)C(=O)CCC34C)C2C1. The predicted octanol–water partition coefficient (Wildman–Crippen LogP) is 7.17. The molecule has 0 radical (unpaired) electrons. The van der Waals surface area contributed by atoms with E-state index in [4.69, 9.17) is 0 Å². The Balaban J connectivity index is 1.54. The van der Waals surface area contributed by atoms with Gasteiger partial charge in [-0.1, -0.05) is 53.2 Å². The lowest BCUT2D eigenvalue weighted by Gasteiger charge is -2.67. The lowest BCUT2D eigenvalue weighted by molar-refractivity contribution is -0.163. The molecule has 7 atom stereocenters. The van der Waals surface area contributed by atoms with E-state index in [-0.39, 0.29) is 21.7 Å². The minimum atomic E-state index is -0.174. The van der Waals surface area contributed by atoms with Gasteiger partial charge in [-0.25, -0.2) is 0 Å². The summed E-state index contributed by atoms with van der Waals surface area (Å²) in [6, 6.07) is 0. The normalized spacial score (nSPS) is 50.3. The highest BCUT2D eigenvalue weighted by molar-refractivity contribution is 5.85. The summed E-state index contributed by atoms with van der Waals surface area (Å²) in [5.74, 6) is 2.81. The Morgan fingerprint density at radius 2 is 1.65 bits per heavy atom. The van der Waals surface area contributed by atoms with E-state index in [2.05, 4.69) is 47.6 Å². The minimum absolute atomic E-state index is 0.104. The molecule has 0 bridgehead atoms. The van der Waals surface area contributed by atoms with Gasteiger partial charge in [-0.3, -0.25) is 4.79 Å². The third-order valence-electron chi connectivity index (χ3n) is 11.8. The van der Waals surface area contributed by atoms with Crippen LogP contribution in [0.3, 0.4) is 0 Å². The Hall–Kier alpha value is -0.920. The van der Waals surface area contributed by atoms with Gasteiger partial charge in [0.1, 0.15) is 12.1 Å². The second-order valence-electron chi connectivity index (χ2n) is 14.1. The van der Waals surface area contributed by atoms with E-state index in [0.29, 0.717) is 34.9 Å². The number of carbonyl (C=O) groups is 2. The fourth-order valence-electron chi connectivity index (χ4n) is 10.0. The van der Waals surface area contributed by atoms with Gasteiger partial charge in [0.25, 0.3) is 0 Å². The molecule has 0 spiro atoms. The van der Waals surface area contributed by atoms with Crippen molar-refractivity contribution in [1.29, 1.82) is 0 Å². The maximum absolute atomic E-state index is 12.8. The summed E-state index contributed by atoms with van der Waals surface area (Å²) >= 11 is 0. The zero-order valence-electron chi connectivity index (χ0n) is 20.9. The van der Waals surface area contributed by atoms with Gasteiger partial charge < -0.3 is 4.79 Å². The molecule has 2 nitrogen and oxygen atoms in total. The van der Waals surface area contributed by atoms with Crippen molar-refractivity contribution < 1.29 is 9.59 Å². The molecule has 7 unspecified atom stereocenters. The molecule has 5 aliphatic carbocycles. The molecule has 0 aromatic heterocycles. The van der Waals surface area contributed by atoms with Crippen LogP contribution in [0.4, 0.5) is 0 Å². The molecule has 4 fully saturated rings. The molecule has 4 saturated carbocycles. The van der Waals surface area contributed by atoms with Crippen LogP contribution in [0.2, 0.25) is 0 Å². The number of ketones is 1. The maximum atomic E-state index is 12.8. The quantitative estimate of drug-likeness (QED) is 0.330. The lowest BCUT2D eigenvalue weighted by Crippen LogP contribution is -2.60. The Labute approximate surface area is 190 Å². The van der Waals surface area contributed by atoms with Crippen LogP contribution in [-0.4, -0.2) is 12.1 Å². The van der Waals surface area contributed by atoms with Crippen molar-refractivity contribution in [2.45, 2.75) is 106 Å². The van der Waals surface area contributed by atoms with Crippen molar-refractivity contribution in [2.75, 3.05) is 0 Å². The van der Waals surface area contributed by atoms with E-state index in [1.54, 1.807) is 5.57 Å². The van der Waals surface area contributed by atoms with Gasteiger partial charge in [0.05, 0.1) is 0 Å². The van der Waals surface area contributed by atoms with Gasteiger partial charge in [-0.05, 0) is 97.7 Å². The van der Waals surface area contributed by atoms with Gasteiger partial charge in [0, 0.05) is 17.3 Å². The van der Waals surface area contributed by atoms with E-state index in [1.807, 2.05) is 0 Å². The van der Waals surface area contributed by atoms with Crippen molar-refractivity contribution in [1.82, 2.24) is 0 Å². The van der Waals surface area contributed by atoms with Crippen LogP contribution in [0.25, 0.3) is 0 Å². The van der Waals surface area contributed by atoms with Gasteiger partial charge in [-0.2, -0.15) is 0 Å². The van der Waals surface area contributed by atoms with Crippen LogP contribution in [0, 0.1) is 50.7 Å². The summed E-state index contributed by atoms with van der Waals surface area (Å²) in [6.45, 7) is 14.4. The van der Waals surface area contributed by atoms with Crippen molar-refractivity contribution >= 4 is 12.1 Å². The fourth-order valence-corrected chi connectivity index (χ4v) is 10.0. The molecule has 5 rings (SSSR count). The standard InChI is InChI=1S/C29H44O2/c1-25(2)15-16-29(18-30)14-9-20-19(21(29)17-25)7-8-23-27(20,5)12-10-22-26(3,4)24(31)11-13-28(22,23)6/h9,18-19,21-23H,7-8,10-17H2,1-6H3. The van der Waals surface area contributed by atoms with E-state index in [1.165, 1.54) is 44.8 Å². The highest BCUT2D eigenvalue weighted by atomic mass is 16.1. The van der Waals surface area contributed by atoms with Crippen LogP contribution in [0.1, 0.15) is 106 Å². The van der Waals surface area contributed by atoms with Crippen LogP contribution < -0.4 is 0 Å². The first-order valence-electron chi connectivity index (χ1n) is 13.1. The fraction of sp³-hybridized carbons (Fsp3) is 0.862. The van der Waals surface area contributed by atoms with Crippen LogP contribution in [-0.2, 0) is 9.59 Å². The Bertz CT molecular complexity index is 834. The zero-order chi connectivity index (χ0) is 22.4. The lowest BCUT2D eigenvalue weighted by atomic mass is 9.37. The first-order chi connectivity index (χ1) is 14.4. The molecule has 2 heteroatoms. The number of fused-ring (bicyclic) bond motifs is 7. The van der Waals surface area contributed by atoms with Crippen molar-refractivity contribution in [2.24, 2.45) is 50.7 Å². The van der Waals surface area contributed by atoms with E-state index < -0.39 is 0 Å². The van der Waals surface area contributed by atoms with E-state index >= 15 is 0 Å².